The van der Waals surface area contributed by atoms with E-state index in [9.17, 15) is 9.59 Å². The number of rotatable bonds is 6. The topological polar surface area (TPSA) is 66.6 Å². The molecule has 1 aliphatic heterocycles. The molecule has 0 saturated heterocycles. The monoisotopic (exact) mass is 243 g/mol. The number of nitrogens with two attached hydrogens (primary N) is 1. The van der Waals surface area contributed by atoms with E-state index in [1.165, 1.54) is 0 Å². The Morgan fingerprint density at radius 1 is 1.44 bits per heavy atom. The van der Waals surface area contributed by atoms with Gasteiger partial charge in [0, 0.05) is 32.4 Å². The predicted octanol–water partition coefficient (Wildman–Crippen LogP) is 0.186. The van der Waals surface area contributed by atoms with Gasteiger partial charge in [-0.25, -0.2) is 0 Å². The van der Waals surface area contributed by atoms with Crippen LogP contribution in [0.15, 0.2) is 12.4 Å². The zero-order valence-corrected chi connectivity index (χ0v) is 10.4. The molecule has 5 nitrogen and oxygen atoms in total. The van der Waals surface area contributed by atoms with Crippen molar-refractivity contribution in [3.05, 3.63) is 12.4 Å². The average molecular weight is 243 g/mol. The van der Waals surface area contributed by atoms with Crippen molar-refractivity contribution in [2.45, 2.75) is 18.8 Å². The van der Waals surface area contributed by atoms with E-state index in [1.807, 2.05) is 29.2 Å². The van der Waals surface area contributed by atoms with Crippen LogP contribution in [0.5, 0.6) is 0 Å². The second-order valence-electron chi connectivity index (χ2n) is 3.76. The van der Waals surface area contributed by atoms with E-state index in [1.54, 1.807) is 18.7 Å². The largest absolute Gasteiger partial charge is 0.370 e. The minimum Gasteiger partial charge on any atom is -0.370 e. The van der Waals surface area contributed by atoms with Crippen molar-refractivity contribution in [2.24, 2.45) is 5.73 Å². The summed E-state index contributed by atoms with van der Waals surface area (Å²) in [6.45, 7) is 2.16. The number of ketones is 1. The maximum atomic E-state index is 10.9. The second kappa shape index (κ2) is 5.79. The number of primary amides is 1. The normalized spacial score (nSPS) is 19.2. The average Bonchev–Trinajstić information content (AvgIpc) is 2.53. The van der Waals surface area contributed by atoms with Gasteiger partial charge in [0.15, 0.2) is 0 Å². The highest BCUT2D eigenvalue weighted by atomic mass is 32.2. The van der Waals surface area contributed by atoms with Crippen molar-refractivity contribution < 1.29 is 9.59 Å². The Morgan fingerprint density at radius 2 is 2.12 bits per heavy atom. The minimum atomic E-state index is -0.307. The molecule has 0 fully saturated rings. The van der Waals surface area contributed by atoms with Gasteiger partial charge in [0.2, 0.25) is 5.91 Å². The van der Waals surface area contributed by atoms with Gasteiger partial charge in [-0.05, 0) is 6.92 Å². The maximum absolute atomic E-state index is 10.9. The lowest BCUT2D eigenvalue weighted by atomic mass is 10.4. The fraction of sp³-hybridized carbons (Fsp3) is 0.600. The summed E-state index contributed by atoms with van der Waals surface area (Å²) in [6.07, 6.45) is 4.18. The Labute approximate surface area is 99.6 Å². The summed E-state index contributed by atoms with van der Waals surface area (Å²) in [7, 11) is 1.94. The van der Waals surface area contributed by atoms with Gasteiger partial charge in [-0.2, -0.15) is 0 Å². The van der Waals surface area contributed by atoms with E-state index < -0.39 is 0 Å². The Morgan fingerprint density at radius 3 is 2.69 bits per heavy atom. The van der Waals surface area contributed by atoms with Crippen LogP contribution in [0.2, 0.25) is 0 Å². The van der Waals surface area contributed by atoms with E-state index in [2.05, 4.69) is 0 Å². The van der Waals surface area contributed by atoms with Crippen molar-refractivity contribution in [3.63, 3.8) is 0 Å². The van der Waals surface area contributed by atoms with Gasteiger partial charge >= 0.3 is 0 Å². The molecule has 0 aliphatic carbocycles. The first kappa shape index (κ1) is 12.9. The van der Waals surface area contributed by atoms with Crippen LogP contribution < -0.4 is 5.73 Å². The molecule has 1 heterocycles. The summed E-state index contributed by atoms with van der Waals surface area (Å²) in [4.78, 5) is 25.7. The van der Waals surface area contributed by atoms with Crippen LogP contribution in [0.3, 0.4) is 0 Å². The molecule has 0 aromatic heterocycles. The summed E-state index contributed by atoms with van der Waals surface area (Å²) >= 11 is 1.55. The van der Waals surface area contributed by atoms with Crippen LogP contribution in [0.1, 0.15) is 13.3 Å². The standard InChI is InChI=1S/C10H17N3O2S/c1-8(14)7-16-10-12(2)5-6-13(10)4-3-9(11)15/h5-6,10H,3-4,7H2,1-2H3,(H2,11,15). The zero-order chi connectivity index (χ0) is 12.1. The molecule has 1 unspecified atom stereocenters. The third kappa shape index (κ3) is 3.77. The number of thioether (sulfide) groups is 1. The van der Waals surface area contributed by atoms with Crippen LogP contribution in [-0.4, -0.2) is 46.3 Å². The number of nitrogens with zero attached hydrogens (tertiary/aromatic N) is 2. The summed E-state index contributed by atoms with van der Waals surface area (Å²) in [5.74, 6) is 0.322. The predicted molar refractivity (Wildman–Crippen MR) is 64.3 cm³/mol. The highest BCUT2D eigenvalue weighted by molar-refractivity contribution is 8.00. The molecule has 0 bridgehead atoms. The summed E-state index contributed by atoms with van der Waals surface area (Å²) in [5, 5.41) is 0. The van der Waals surface area contributed by atoms with Crippen molar-refractivity contribution in [2.75, 3.05) is 19.3 Å². The maximum Gasteiger partial charge on any atom is 0.219 e. The van der Waals surface area contributed by atoms with E-state index in [-0.39, 0.29) is 17.2 Å². The van der Waals surface area contributed by atoms with Gasteiger partial charge in [0.25, 0.3) is 0 Å². The van der Waals surface area contributed by atoms with Gasteiger partial charge in [-0.3, -0.25) is 9.59 Å². The number of Topliss-reactive ketones (excluding diaryl/α,β-unsaturated/α-hetero) is 1. The first-order valence-corrected chi connectivity index (χ1v) is 6.11. The minimum absolute atomic E-state index is 0.0863. The zero-order valence-electron chi connectivity index (χ0n) is 9.55. The molecule has 0 aromatic rings. The lowest BCUT2D eigenvalue weighted by Gasteiger charge is -2.29. The van der Waals surface area contributed by atoms with Gasteiger partial charge in [0.05, 0.1) is 5.75 Å². The molecule has 1 rings (SSSR count). The van der Waals surface area contributed by atoms with Crippen molar-refractivity contribution >= 4 is 23.5 Å². The molecule has 0 aromatic carbocycles. The number of amides is 1. The number of carbonyl (C=O) groups excluding carboxylic acids is 2. The van der Waals surface area contributed by atoms with E-state index in [4.69, 9.17) is 5.73 Å². The lowest BCUT2D eigenvalue weighted by molar-refractivity contribution is -0.118. The summed E-state index contributed by atoms with van der Waals surface area (Å²) in [6, 6.07) is 0. The first-order chi connectivity index (χ1) is 7.50. The summed E-state index contributed by atoms with van der Waals surface area (Å²) in [5.41, 5.74) is 5.19. The number of carbonyl (C=O) groups is 2. The first-order valence-electron chi connectivity index (χ1n) is 5.06. The van der Waals surface area contributed by atoms with Gasteiger partial charge in [-0.15, -0.1) is 11.8 Å². The van der Waals surface area contributed by atoms with Crippen LogP contribution >= 0.6 is 11.8 Å². The number of hydrogen-bond donors (Lipinski definition) is 1. The molecule has 6 heteroatoms. The molecule has 0 spiro atoms. The molecular formula is C10H17N3O2S. The van der Waals surface area contributed by atoms with Crippen LogP contribution in [0, 0.1) is 0 Å². The molecular weight excluding hydrogens is 226 g/mol. The van der Waals surface area contributed by atoms with Gasteiger partial charge in [0.1, 0.15) is 11.3 Å². The van der Waals surface area contributed by atoms with Crippen LogP contribution in [0.25, 0.3) is 0 Å². The summed E-state index contributed by atoms with van der Waals surface area (Å²) < 4.78 is 0. The fourth-order valence-electron chi connectivity index (χ4n) is 1.40. The van der Waals surface area contributed by atoms with E-state index >= 15 is 0 Å². The quantitative estimate of drug-likeness (QED) is 0.721. The van der Waals surface area contributed by atoms with Crippen LogP contribution in [-0.2, 0) is 9.59 Å². The second-order valence-corrected chi connectivity index (χ2v) is 4.80. The van der Waals surface area contributed by atoms with Crippen LogP contribution in [0.4, 0.5) is 0 Å². The highest BCUT2D eigenvalue weighted by Gasteiger charge is 2.24. The Balaban J connectivity index is 2.45. The van der Waals surface area contributed by atoms with E-state index in [0.717, 1.165) is 0 Å². The molecule has 1 amide bonds. The van der Waals surface area contributed by atoms with Gasteiger partial charge in [-0.1, -0.05) is 0 Å². The third-order valence-corrected chi connectivity index (χ3v) is 3.65. The molecule has 16 heavy (non-hydrogen) atoms. The highest BCUT2D eigenvalue weighted by Crippen LogP contribution is 2.24. The third-order valence-electron chi connectivity index (χ3n) is 2.18. The Hall–Kier alpha value is -1.17. The van der Waals surface area contributed by atoms with Gasteiger partial charge < -0.3 is 15.5 Å². The SMILES string of the molecule is CC(=O)CSC1N(C)C=CN1CCC(N)=O. The van der Waals surface area contributed by atoms with Crippen molar-refractivity contribution in [1.82, 2.24) is 9.80 Å². The molecule has 1 atom stereocenters. The van der Waals surface area contributed by atoms with E-state index in [0.29, 0.717) is 18.7 Å². The Bertz CT molecular complexity index is 306. The number of hydrogen-bond acceptors (Lipinski definition) is 5. The molecule has 2 N–H and O–H groups in total. The Kier molecular flexibility index (Phi) is 4.67. The molecule has 1 aliphatic rings. The molecule has 0 radical (unpaired) electrons. The van der Waals surface area contributed by atoms with Crippen molar-refractivity contribution in [1.29, 1.82) is 0 Å². The smallest absolute Gasteiger partial charge is 0.219 e. The fourth-order valence-corrected chi connectivity index (χ4v) is 2.46. The van der Waals surface area contributed by atoms with Crippen molar-refractivity contribution in [3.8, 4) is 0 Å². The molecule has 90 valence electrons. The molecule has 0 saturated carbocycles. The lowest BCUT2D eigenvalue weighted by Crippen LogP contribution is -2.36.